The van der Waals surface area contributed by atoms with Crippen LogP contribution in [0.25, 0.3) is 0 Å². The van der Waals surface area contributed by atoms with Crippen LogP contribution in [0.4, 0.5) is 19.1 Å². The lowest BCUT2D eigenvalue weighted by molar-refractivity contribution is -0.142. The lowest BCUT2D eigenvalue weighted by atomic mass is 10.3. The van der Waals surface area contributed by atoms with Crippen LogP contribution >= 0.6 is 11.3 Å². The molecule has 2 heterocycles. The molecule has 144 valence electrons. The predicted octanol–water partition coefficient (Wildman–Crippen LogP) is 3.50. The Hall–Kier alpha value is -2.82. The standard InChI is InChI=1S/C16H16F3N5O2S/c1-25-12-2-4-13(5-3-12)26-7-14-22-11(8-27-14)6-20-15-21-10-24(23-15)9-16(17,18)19/h2-5,8,10H,6-7,9H2,1H3,(H,20,23). The molecule has 0 aliphatic rings. The summed E-state index contributed by atoms with van der Waals surface area (Å²) >= 11 is 1.43. The van der Waals surface area contributed by atoms with Gasteiger partial charge in [-0.2, -0.15) is 13.2 Å². The fraction of sp³-hybridized carbons (Fsp3) is 0.312. The van der Waals surface area contributed by atoms with Crippen LogP contribution in [0, 0.1) is 0 Å². The average Bonchev–Trinajstić information content (AvgIpc) is 3.26. The van der Waals surface area contributed by atoms with Gasteiger partial charge in [0.25, 0.3) is 0 Å². The average molecular weight is 399 g/mol. The number of nitrogens with zero attached hydrogens (tertiary/aromatic N) is 4. The Kier molecular flexibility index (Phi) is 5.79. The molecule has 1 N–H and O–H groups in total. The van der Waals surface area contributed by atoms with E-state index in [1.54, 1.807) is 31.4 Å². The summed E-state index contributed by atoms with van der Waals surface area (Å²) in [6.45, 7) is -0.560. The van der Waals surface area contributed by atoms with Crippen LogP contribution < -0.4 is 14.8 Å². The normalized spacial score (nSPS) is 11.4. The summed E-state index contributed by atoms with van der Waals surface area (Å²) in [6, 6.07) is 7.21. The van der Waals surface area contributed by atoms with E-state index in [1.807, 2.05) is 5.38 Å². The molecule has 1 aromatic carbocycles. The number of anilines is 1. The Morgan fingerprint density at radius 3 is 2.63 bits per heavy atom. The molecule has 0 atom stereocenters. The van der Waals surface area contributed by atoms with Gasteiger partial charge >= 0.3 is 6.18 Å². The van der Waals surface area contributed by atoms with E-state index in [2.05, 4.69) is 20.4 Å². The SMILES string of the molecule is COc1ccc(OCc2nc(CNc3ncn(CC(F)(F)F)n3)cs2)cc1. The minimum absolute atomic E-state index is 0.114. The van der Waals surface area contributed by atoms with Crippen LogP contribution in [0.2, 0.25) is 0 Å². The first-order valence-corrected chi connectivity index (χ1v) is 8.69. The van der Waals surface area contributed by atoms with Gasteiger partial charge in [-0.3, -0.25) is 0 Å². The number of nitrogens with one attached hydrogen (secondary N) is 1. The number of hydrogen-bond donors (Lipinski definition) is 1. The zero-order valence-electron chi connectivity index (χ0n) is 14.2. The molecule has 3 rings (SSSR count). The highest BCUT2D eigenvalue weighted by molar-refractivity contribution is 7.09. The van der Waals surface area contributed by atoms with Gasteiger partial charge in [-0.1, -0.05) is 0 Å². The molecular formula is C16H16F3N5O2S. The van der Waals surface area contributed by atoms with Crippen LogP contribution in [-0.4, -0.2) is 33.0 Å². The summed E-state index contributed by atoms with van der Waals surface area (Å²) in [5, 5.41) is 9.18. The van der Waals surface area contributed by atoms with Crippen molar-refractivity contribution in [3.8, 4) is 11.5 Å². The van der Waals surface area contributed by atoms with Crippen molar-refractivity contribution in [2.75, 3.05) is 12.4 Å². The number of benzene rings is 1. The smallest absolute Gasteiger partial charge is 0.408 e. The molecule has 3 aromatic rings. The van der Waals surface area contributed by atoms with Gasteiger partial charge in [0.05, 0.1) is 19.3 Å². The van der Waals surface area contributed by atoms with Crippen LogP contribution in [0.1, 0.15) is 10.7 Å². The molecule has 0 fully saturated rings. The van der Waals surface area contributed by atoms with Gasteiger partial charge in [-0.15, -0.1) is 16.4 Å². The molecule has 7 nitrogen and oxygen atoms in total. The number of methoxy groups -OCH3 is 1. The number of thiazole rings is 1. The largest absolute Gasteiger partial charge is 0.497 e. The maximum atomic E-state index is 12.3. The first-order chi connectivity index (χ1) is 12.9. The van der Waals surface area contributed by atoms with E-state index in [0.717, 1.165) is 27.5 Å². The van der Waals surface area contributed by atoms with Crippen molar-refractivity contribution < 1.29 is 22.6 Å². The zero-order chi connectivity index (χ0) is 19.3. The number of rotatable bonds is 8. The quantitative estimate of drug-likeness (QED) is 0.625. The van der Waals surface area contributed by atoms with Crippen LogP contribution in [0.5, 0.6) is 11.5 Å². The lowest BCUT2D eigenvalue weighted by Crippen LogP contribution is -2.18. The van der Waals surface area contributed by atoms with E-state index >= 15 is 0 Å². The van der Waals surface area contributed by atoms with Gasteiger partial charge < -0.3 is 14.8 Å². The lowest BCUT2D eigenvalue weighted by Gasteiger charge is -2.05. The first kappa shape index (κ1) is 19.0. The molecule has 0 unspecified atom stereocenters. The Morgan fingerprint density at radius 2 is 1.93 bits per heavy atom. The van der Waals surface area contributed by atoms with Gasteiger partial charge in [-0.25, -0.2) is 14.6 Å². The second kappa shape index (κ2) is 8.25. The van der Waals surface area contributed by atoms with Crippen LogP contribution in [0.15, 0.2) is 36.0 Å². The molecule has 0 aliphatic heterocycles. The third-order valence-electron chi connectivity index (χ3n) is 3.33. The van der Waals surface area contributed by atoms with E-state index < -0.39 is 12.7 Å². The van der Waals surface area contributed by atoms with Crippen molar-refractivity contribution in [3.05, 3.63) is 46.7 Å². The summed E-state index contributed by atoms with van der Waals surface area (Å²) in [5.74, 6) is 1.56. The molecule has 2 aromatic heterocycles. The topological polar surface area (TPSA) is 74.1 Å². The highest BCUT2D eigenvalue weighted by atomic mass is 32.1. The number of aromatic nitrogens is 4. The van der Waals surface area contributed by atoms with Crippen molar-refractivity contribution in [2.45, 2.75) is 25.9 Å². The van der Waals surface area contributed by atoms with E-state index in [-0.39, 0.29) is 5.95 Å². The van der Waals surface area contributed by atoms with Gasteiger partial charge in [0, 0.05) is 5.38 Å². The number of alkyl halides is 3. The number of halogens is 3. The van der Waals surface area contributed by atoms with Gasteiger partial charge in [0.15, 0.2) is 0 Å². The Labute approximate surface area is 156 Å². The van der Waals surface area contributed by atoms with E-state index in [9.17, 15) is 13.2 Å². The summed E-state index contributed by atoms with van der Waals surface area (Å²) in [5.41, 5.74) is 0.723. The van der Waals surface area contributed by atoms with Gasteiger partial charge in [0.2, 0.25) is 5.95 Å². The molecule has 0 bridgehead atoms. The van der Waals surface area contributed by atoms with Gasteiger partial charge in [-0.05, 0) is 24.3 Å². The predicted molar refractivity (Wildman–Crippen MR) is 92.8 cm³/mol. The third kappa shape index (κ3) is 5.84. The second-order valence-corrected chi connectivity index (χ2v) is 6.37. The minimum atomic E-state index is -4.33. The summed E-state index contributed by atoms with van der Waals surface area (Å²) in [6.07, 6.45) is -3.30. The van der Waals surface area contributed by atoms with Crippen molar-refractivity contribution >= 4 is 17.3 Å². The monoisotopic (exact) mass is 399 g/mol. The van der Waals surface area contributed by atoms with E-state index in [1.165, 1.54) is 11.3 Å². The first-order valence-electron chi connectivity index (χ1n) is 7.81. The molecule has 0 amide bonds. The van der Waals surface area contributed by atoms with Crippen molar-refractivity contribution in [1.82, 2.24) is 19.7 Å². The molecule has 0 spiro atoms. The summed E-state index contributed by atoms with van der Waals surface area (Å²) in [7, 11) is 1.59. The minimum Gasteiger partial charge on any atom is -0.497 e. The Balaban J connectivity index is 1.47. The van der Waals surface area contributed by atoms with E-state index in [0.29, 0.717) is 18.9 Å². The molecule has 0 saturated heterocycles. The Bertz CT molecular complexity index is 864. The van der Waals surface area contributed by atoms with Crippen LogP contribution in [-0.2, 0) is 19.7 Å². The molecule has 0 aliphatic carbocycles. The molecule has 11 heteroatoms. The van der Waals surface area contributed by atoms with E-state index in [4.69, 9.17) is 9.47 Å². The number of ether oxygens (including phenoxy) is 2. The Morgan fingerprint density at radius 1 is 1.19 bits per heavy atom. The zero-order valence-corrected chi connectivity index (χ0v) is 15.0. The summed E-state index contributed by atoms with van der Waals surface area (Å²) < 4.78 is 48.4. The highest BCUT2D eigenvalue weighted by Gasteiger charge is 2.28. The van der Waals surface area contributed by atoms with Crippen molar-refractivity contribution in [1.29, 1.82) is 0 Å². The second-order valence-electron chi connectivity index (χ2n) is 5.43. The van der Waals surface area contributed by atoms with Crippen LogP contribution in [0.3, 0.4) is 0 Å². The van der Waals surface area contributed by atoms with Gasteiger partial charge in [0.1, 0.15) is 36.0 Å². The molecular weight excluding hydrogens is 383 g/mol. The highest BCUT2D eigenvalue weighted by Crippen LogP contribution is 2.20. The maximum Gasteiger partial charge on any atom is 0.408 e. The molecule has 27 heavy (non-hydrogen) atoms. The fourth-order valence-corrected chi connectivity index (χ4v) is 2.82. The van der Waals surface area contributed by atoms with Crippen molar-refractivity contribution in [3.63, 3.8) is 0 Å². The third-order valence-corrected chi connectivity index (χ3v) is 4.20. The van der Waals surface area contributed by atoms with Crippen molar-refractivity contribution in [2.24, 2.45) is 0 Å². The molecule has 0 saturated carbocycles. The molecule has 0 radical (unpaired) electrons. The summed E-state index contributed by atoms with van der Waals surface area (Å²) in [4.78, 5) is 8.20. The maximum absolute atomic E-state index is 12.3. The fourth-order valence-electron chi connectivity index (χ4n) is 2.12. The number of hydrogen-bond acceptors (Lipinski definition) is 7.